The van der Waals surface area contributed by atoms with Crippen LogP contribution in [-0.4, -0.2) is 18.1 Å². The molecule has 0 saturated heterocycles. The summed E-state index contributed by atoms with van der Waals surface area (Å²) in [6.45, 7) is 10.2. The average Bonchev–Trinajstić information content (AvgIpc) is 2.32. The summed E-state index contributed by atoms with van der Waals surface area (Å²) < 4.78 is 5.18. The Kier molecular flexibility index (Phi) is 4.76. The monoisotopic (exact) mass is 249 g/mol. The van der Waals surface area contributed by atoms with Crippen molar-refractivity contribution in [3.8, 4) is 0 Å². The van der Waals surface area contributed by atoms with E-state index in [4.69, 9.17) is 4.74 Å². The molecule has 0 saturated carbocycles. The van der Waals surface area contributed by atoms with Crippen LogP contribution in [0.1, 0.15) is 33.3 Å². The normalized spacial score (nSPS) is 14.1. The first-order chi connectivity index (χ1) is 8.41. The lowest BCUT2D eigenvalue weighted by atomic mass is 9.88. The third-order valence-electron chi connectivity index (χ3n) is 3.39. The van der Waals surface area contributed by atoms with Gasteiger partial charge in [-0.1, -0.05) is 32.0 Å². The van der Waals surface area contributed by atoms with Crippen LogP contribution in [0.2, 0.25) is 0 Å². The van der Waals surface area contributed by atoms with E-state index < -0.39 is 5.54 Å². The zero-order valence-electron chi connectivity index (χ0n) is 11.9. The van der Waals surface area contributed by atoms with Gasteiger partial charge in [-0.25, -0.2) is 4.79 Å². The Hall–Kier alpha value is -1.51. The number of anilines is 1. The van der Waals surface area contributed by atoms with E-state index in [1.807, 2.05) is 58.9 Å². The molecule has 0 spiro atoms. The number of hydrogen-bond donors (Lipinski definition) is 1. The van der Waals surface area contributed by atoms with Crippen molar-refractivity contribution in [2.75, 3.05) is 11.9 Å². The second kappa shape index (κ2) is 5.89. The van der Waals surface area contributed by atoms with Gasteiger partial charge in [-0.2, -0.15) is 0 Å². The van der Waals surface area contributed by atoms with Gasteiger partial charge in [0, 0.05) is 5.69 Å². The van der Waals surface area contributed by atoms with Crippen molar-refractivity contribution in [3.05, 3.63) is 29.8 Å². The highest BCUT2D eigenvalue weighted by Gasteiger charge is 2.38. The number of ether oxygens (including phenoxy) is 1. The number of para-hydroxylation sites is 1. The number of rotatable bonds is 5. The van der Waals surface area contributed by atoms with Gasteiger partial charge >= 0.3 is 5.97 Å². The highest BCUT2D eigenvalue weighted by molar-refractivity contribution is 5.84. The Labute approximate surface area is 110 Å². The third-order valence-corrected chi connectivity index (χ3v) is 3.39. The fourth-order valence-corrected chi connectivity index (χ4v) is 1.70. The Bertz CT molecular complexity index is 415. The first-order valence-corrected chi connectivity index (χ1v) is 6.42. The molecule has 0 bridgehead atoms. The van der Waals surface area contributed by atoms with Gasteiger partial charge in [-0.3, -0.25) is 0 Å². The van der Waals surface area contributed by atoms with Crippen LogP contribution in [-0.2, 0) is 9.53 Å². The number of aryl methyl sites for hydroxylation is 1. The van der Waals surface area contributed by atoms with Crippen molar-refractivity contribution in [1.29, 1.82) is 0 Å². The van der Waals surface area contributed by atoms with E-state index in [2.05, 4.69) is 5.32 Å². The summed E-state index contributed by atoms with van der Waals surface area (Å²) in [6, 6.07) is 7.95. The number of esters is 1. The zero-order chi connectivity index (χ0) is 13.8. The molecule has 0 aliphatic heterocycles. The number of nitrogens with one attached hydrogen (secondary N) is 1. The summed E-state index contributed by atoms with van der Waals surface area (Å²) in [6.07, 6.45) is 0. The fraction of sp³-hybridized carbons (Fsp3) is 0.533. The van der Waals surface area contributed by atoms with Gasteiger partial charge in [-0.05, 0) is 38.3 Å². The highest BCUT2D eigenvalue weighted by atomic mass is 16.5. The van der Waals surface area contributed by atoms with Crippen molar-refractivity contribution in [3.63, 3.8) is 0 Å². The summed E-state index contributed by atoms with van der Waals surface area (Å²) in [5.74, 6) is -0.0700. The molecule has 0 aromatic heterocycles. The van der Waals surface area contributed by atoms with E-state index >= 15 is 0 Å². The van der Waals surface area contributed by atoms with Crippen LogP contribution < -0.4 is 5.32 Å². The van der Waals surface area contributed by atoms with Crippen molar-refractivity contribution in [2.45, 2.75) is 40.2 Å². The lowest BCUT2D eigenvalue weighted by molar-refractivity contribution is -0.149. The maximum Gasteiger partial charge on any atom is 0.331 e. The predicted molar refractivity (Wildman–Crippen MR) is 74.7 cm³/mol. The zero-order valence-corrected chi connectivity index (χ0v) is 11.9. The highest BCUT2D eigenvalue weighted by Crippen LogP contribution is 2.26. The molecule has 18 heavy (non-hydrogen) atoms. The van der Waals surface area contributed by atoms with Crippen LogP contribution >= 0.6 is 0 Å². The second-order valence-electron chi connectivity index (χ2n) is 5.02. The van der Waals surface area contributed by atoms with E-state index in [-0.39, 0.29) is 11.9 Å². The Morgan fingerprint density at radius 2 is 2.00 bits per heavy atom. The molecule has 1 rings (SSSR count). The number of carbonyl (C=O) groups is 1. The second-order valence-corrected chi connectivity index (χ2v) is 5.02. The molecule has 1 aromatic carbocycles. The maximum atomic E-state index is 12.1. The fourth-order valence-electron chi connectivity index (χ4n) is 1.70. The molecule has 1 N–H and O–H groups in total. The Morgan fingerprint density at radius 1 is 1.39 bits per heavy atom. The quantitative estimate of drug-likeness (QED) is 0.813. The number of benzene rings is 1. The lowest BCUT2D eigenvalue weighted by Crippen LogP contribution is -2.49. The van der Waals surface area contributed by atoms with Gasteiger partial charge in [0.2, 0.25) is 0 Å². The van der Waals surface area contributed by atoms with E-state index in [0.717, 1.165) is 11.3 Å². The number of hydrogen-bond acceptors (Lipinski definition) is 3. The molecule has 3 nitrogen and oxygen atoms in total. The Morgan fingerprint density at radius 3 is 2.50 bits per heavy atom. The first-order valence-electron chi connectivity index (χ1n) is 6.42. The van der Waals surface area contributed by atoms with Crippen molar-refractivity contribution >= 4 is 11.7 Å². The van der Waals surface area contributed by atoms with E-state index in [1.165, 1.54) is 0 Å². The Balaban J connectivity index is 3.00. The van der Waals surface area contributed by atoms with Crippen molar-refractivity contribution in [2.24, 2.45) is 5.92 Å². The SMILES string of the molecule is CCOC(=O)C(C)(Nc1ccccc1C)C(C)C. The summed E-state index contributed by atoms with van der Waals surface area (Å²) in [5.41, 5.74) is 1.39. The van der Waals surface area contributed by atoms with Crippen LogP contribution in [0, 0.1) is 12.8 Å². The van der Waals surface area contributed by atoms with Gasteiger partial charge in [-0.15, -0.1) is 0 Å². The van der Waals surface area contributed by atoms with Crippen LogP contribution in [0.4, 0.5) is 5.69 Å². The van der Waals surface area contributed by atoms with E-state index in [1.54, 1.807) is 0 Å². The molecular formula is C15H23NO2. The topological polar surface area (TPSA) is 38.3 Å². The summed E-state index contributed by atoms with van der Waals surface area (Å²) in [5, 5.41) is 3.33. The van der Waals surface area contributed by atoms with Gasteiger partial charge in [0.25, 0.3) is 0 Å². The molecule has 0 aliphatic rings. The van der Waals surface area contributed by atoms with Gasteiger partial charge in [0.05, 0.1) is 6.61 Å². The predicted octanol–water partition coefficient (Wildman–Crippen LogP) is 3.38. The molecule has 0 radical (unpaired) electrons. The smallest absolute Gasteiger partial charge is 0.331 e. The van der Waals surface area contributed by atoms with Gasteiger partial charge < -0.3 is 10.1 Å². The number of carbonyl (C=O) groups excluding carboxylic acids is 1. The third kappa shape index (κ3) is 3.03. The minimum absolute atomic E-state index is 0.135. The van der Waals surface area contributed by atoms with Gasteiger partial charge in [0.15, 0.2) is 0 Å². The van der Waals surface area contributed by atoms with Crippen LogP contribution in [0.5, 0.6) is 0 Å². The van der Waals surface area contributed by atoms with Crippen LogP contribution in [0.3, 0.4) is 0 Å². The molecule has 0 amide bonds. The van der Waals surface area contributed by atoms with E-state index in [0.29, 0.717) is 6.61 Å². The molecule has 0 heterocycles. The molecule has 0 aliphatic carbocycles. The molecule has 0 fully saturated rings. The molecule has 1 atom stereocenters. The summed E-state index contributed by atoms with van der Waals surface area (Å²) >= 11 is 0. The van der Waals surface area contributed by atoms with E-state index in [9.17, 15) is 4.79 Å². The molecular weight excluding hydrogens is 226 g/mol. The van der Waals surface area contributed by atoms with Crippen LogP contribution in [0.15, 0.2) is 24.3 Å². The molecule has 1 aromatic rings. The minimum Gasteiger partial charge on any atom is -0.464 e. The maximum absolute atomic E-state index is 12.1. The van der Waals surface area contributed by atoms with Crippen LogP contribution in [0.25, 0.3) is 0 Å². The molecule has 1 unspecified atom stereocenters. The summed E-state index contributed by atoms with van der Waals surface area (Å²) in [7, 11) is 0. The van der Waals surface area contributed by atoms with Gasteiger partial charge in [0.1, 0.15) is 5.54 Å². The summed E-state index contributed by atoms with van der Waals surface area (Å²) in [4.78, 5) is 12.1. The minimum atomic E-state index is -0.706. The van der Waals surface area contributed by atoms with Crippen molar-refractivity contribution in [1.82, 2.24) is 0 Å². The first kappa shape index (κ1) is 14.6. The largest absolute Gasteiger partial charge is 0.464 e. The standard InChI is InChI=1S/C15H23NO2/c1-6-18-14(17)15(5,11(2)3)16-13-10-8-7-9-12(13)4/h7-11,16H,6H2,1-5H3. The lowest BCUT2D eigenvalue weighted by Gasteiger charge is -2.33. The molecule has 3 heteroatoms. The van der Waals surface area contributed by atoms with Crippen molar-refractivity contribution < 1.29 is 9.53 Å². The molecule has 100 valence electrons. The average molecular weight is 249 g/mol.